The van der Waals surface area contributed by atoms with Crippen molar-refractivity contribution in [1.82, 2.24) is 4.90 Å². The number of likely N-dealkylation sites (N-methyl/N-ethyl adjacent to an activating group) is 1. The molecule has 1 aliphatic rings. The molecule has 0 bridgehead atoms. The lowest BCUT2D eigenvalue weighted by molar-refractivity contribution is 0.239. The Hall–Kier alpha value is -0.0300. The zero-order chi connectivity index (χ0) is 9.97. The number of nitrogens with zero attached hydrogens (tertiary/aromatic N) is 1. The Kier molecular flexibility index (Phi) is 3.49. The summed E-state index contributed by atoms with van der Waals surface area (Å²) in [5.74, 6) is 2.40. The van der Waals surface area contributed by atoms with Crippen LogP contribution in [0, 0.1) is 0 Å². The van der Waals surface area contributed by atoms with Crippen LogP contribution in [0.4, 0.5) is 0 Å². The summed E-state index contributed by atoms with van der Waals surface area (Å²) < 4.78 is 0. The van der Waals surface area contributed by atoms with Crippen molar-refractivity contribution in [3.63, 3.8) is 0 Å². The summed E-state index contributed by atoms with van der Waals surface area (Å²) in [7, 11) is 2.18. The molecule has 2 heterocycles. The molecule has 1 aromatic heterocycles. The van der Waals surface area contributed by atoms with Crippen LogP contribution in [0.1, 0.15) is 10.9 Å². The summed E-state index contributed by atoms with van der Waals surface area (Å²) in [4.78, 5) is 3.70. The first-order chi connectivity index (χ1) is 6.79. The lowest BCUT2D eigenvalue weighted by Gasteiger charge is -2.35. The molecule has 78 valence electrons. The van der Waals surface area contributed by atoms with Gasteiger partial charge in [-0.05, 0) is 18.5 Å². The number of thioether (sulfide) groups is 1. The average Bonchev–Trinajstić information content (AvgIpc) is 2.70. The molecule has 2 nitrogen and oxygen atoms in total. The first kappa shape index (κ1) is 10.5. The molecule has 1 fully saturated rings. The van der Waals surface area contributed by atoms with Crippen LogP contribution in [0.3, 0.4) is 0 Å². The molecule has 0 aliphatic carbocycles. The van der Waals surface area contributed by atoms with Crippen molar-refractivity contribution >= 4 is 23.1 Å². The Balaban J connectivity index is 2.06. The van der Waals surface area contributed by atoms with E-state index in [1.807, 2.05) is 11.8 Å². The van der Waals surface area contributed by atoms with E-state index in [1.54, 1.807) is 11.3 Å². The van der Waals surface area contributed by atoms with Crippen LogP contribution in [0.25, 0.3) is 0 Å². The van der Waals surface area contributed by atoms with E-state index >= 15 is 0 Å². The number of hydrogen-bond acceptors (Lipinski definition) is 4. The molecule has 4 heteroatoms. The molecule has 2 unspecified atom stereocenters. The third-order valence-electron chi connectivity index (χ3n) is 2.73. The van der Waals surface area contributed by atoms with E-state index in [0.29, 0.717) is 6.04 Å². The highest BCUT2D eigenvalue weighted by Gasteiger charge is 2.26. The third kappa shape index (κ3) is 2.14. The van der Waals surface area contributed by atoms with Gasteiger partial charge in [0.05, 0.1) is 6.04 Å². The van der Waals surface area contributed by atoms with Gasteiger partial charge < -0.3 is 5.73 Å². The van der Waals surface area contributed by atoms with Crippen molar-refractivity contribution in [2.24, 2.45) is 5.73 Å². The Morgan fingerprint density at radius 1 is 1.64 bits per heavy atom. The quantitative estimate of drug-likeness (QED) is 0.837. The lowest BCUT2D eigenvalue weighted by atomic mass is 10.1. The van der Waals surface area contributed by atoms with Crippen molar-refractivity contribution in [3.05, 3.63) is 22.4 Å². The molecule has 0 amide bonds. The molecule has 1 aromatic rings. The molecule has 2 atom stereocenters. The van der Waals surface area contributed by atoms with Crippen molar-refractivity contribution in [2.75, 3.05) is 25.1 Å². The fourth-order valence-corrected chi connectivity index (χ4v) is 3.83. The monoisotopic (exact) mass is 228 g/mol. The summed E-state index contributed by atoms with van der Waals surface area (Å²) in [6.45, 7) is 1.16. The van der Waals surface area contributed by atoms with Crippen molar-refractivity contribution in [2.45, 2.75) is 12.1 Å². The molecule has 0 aromatic carbocycles. The van der Waals surface area contributed by atoms with Gasteiger partial charge in [0.2, 0.25) is 0 Å². The van der Waals surface area contributed by atoms with Gasteiger partial charge in [-0.1, -0.05) is 6.07 Å². The molecule has 2 N–H and O–H groups in total. The SMILES string of the molecule is CN1CCSCC1C(N)c1cccs1. The second kappa shape index (κ2) is 4.66. The number of thiophene rings is 1. The molecule has 1 aliphatic heterocycles. The summed E-state index contributed by atoms with van der Waals surface area (Å²) in [5.41, 5.74) is 6.26. The Morgan fingerprint density at radius 2 is 2.50 bits per heavy atom. The van der Waals surface area contributed by atoms with Crippen LogP contribution < -0.4 is 5.73 Å². The summed E-state index contributed by atoms with van der Waals surface area (Å²) in [6.07, 6.45) is 0. The van der Waals surface area contributed by atoms with Crippen LogP contribution in [0.2, 0.25) is 0 Å². The second-order valence-electron chi connectivity index (χ2n) is 3.66. The predicted molar refractivity (Wildman–Crippen MR) is 65.0 cm³/mol. The van der Waals surface area contributed by atoms with Crippen LogP contribution in [0.5, 0.6) is 0 Å². The molecular weight excluding hydrogens is 212 g/mol. The van der Waals surface area contributed by atoms with E-state index < -0.39 is 0 Å². The highest BCUT2D eigenvalue weighted by Crippen LogP contribution is 2.27. The number of hydrogen-bond donors (Lipinski definition) is 1. The molecule has 0 saturated carbocycles. The van der Waals surface area contributed by atoms with Crippen LogP contribution in [-0.4, -0.2) is 36.0 Å². The van der Waals surface area contributed by atoms with Crippen molar-refractivity contribution in [1.29, 1.82) is 0 Å². The maximum absolute atomic E-state index is 6.26. The van der Waals surface area contributed by atoms with E-state index in [0.717, 1.165) is 12.3 Å². The maximum atomic E-state index is 6.26. The van der Waals surface area contributed by atoms with Gasteiger partial charge in [-0.25, -0.2) is 0 Å². The molecule has 2 rings (SSSR count). The first-order valence-electron chi connectivity index (χ1n) is 4.86. The predicted octanol–water partition coefficient (Wildman–Crippen LogP) is 1.80. The minimum atomic E-state index is 0.188. The number of rotatable bonds is 2. The van der Waals surface area contributed by atoms with Crippen LogP contribution >= 0.6 is 23.1 Å². The summed E-state index contributed by atoms with van der Waals surface area (Å²) in [5, 5.41) is 2.10. The van der Waals surface area contributed by atoms with Gasteiger partial charge in [-0.2, -0.15) is 11.8 Å². The highest BCUT2D eigenvalue weighted by molar-refractivity contribution is 7.99. The van der Waals surface area contributed by atoms with E-state index in [4.69, 9.17) is 5.73 Å². The van der Waals surface area contributed by atoms with Gasteiger partial charge in [0, 0.05) is 29.0 Å². The Bertz CT molecular complexity index is 274. The molecule has 14 heavy (non-hydrogen) atoms. The van der Waals surface area contributed by atoms with E-state index in [9.17, 15) is 0 Å². The fraction of sp³-hybridized carbons (Fsp3) is 0.600. The van der Waals surface area contributed by atoms with Gasteiger partial charge in [0.15, 0.2) is 0 Å². The number of nitrogens with two attached hydrogens (primary N) is 1. The smallest absolute Gasteiger partial charge is 0.0555 e. The maximum Gasteiger partial charge on any atom is 0.0555 e. The van der Waals surface area contributed by atoms with Gasteiger partial charge in [0.1, 0.15) is 0 Å². The van der Waals surface area contributed by atoms with Gasteiger partial charge in [-0.3, -0.25) is 4.90 Å². The largest absolute Gasteiger partial charge is 0.322 e. The Morgan fingerprint density at radius 3 is 3.14 bits per heavy atom. The van der Waals surface area contributed by atoms with Crippen LogP contribution in [-0.2, 0) is 0 Å². The fourth-order valence-electron chi connectivity index (χ4n) is 1.75. The highest BCUT2D eigenvalue weighted by atomic mass is 32.2. The minimum Gasteiger partial charge on any atom is -0.322 e. The minimum absolute atomic E-state index is 0.188. The third-order valence-corrected chi connectivity index (χ3v) is 4.75. The molecule has 0 radical (unpaired) electrons. The summed E-state index contributed by atoms with van der Waals surface area (Å²) >= 11 is 3.78. The van der Waals surface area contributed by atoms with Gasteiger partial charge in [-0.15, -0.1) is 11.3 Å². The van der Waals surface area contributed by atoms with Gasteiger partial charge in [0.25, 0.3) is 0 Å². The first-order valence-corrected chi connectivity index (χ1v) is 6.89. The molecule has 1 saturated heterocycles. The normalized spacial score (nSPS) is 26.3. The Labute approximate surface area is 93.5 Å². The van der Waals surface area contributed by atoms with Crippen molar-refractivity contribution < 1.29 is 0 Å². The zero-order valence-corrected chi connectivity index (χ0v) is 9.98. The lowest BCUT2D eigenvalue weighted by Crippen LogP contribution is -2.45. The average molecular weight is 228 g/mol. The molecular formula is C10H16N2S2. The van der Waals surface area contributed by atoms with E-state index in [2.05, 4.69) is 29.5 Å². The van der Waals surface area contributed by atoms with Crippen LogP contribution in [0.15, 0.2) is 17.5 Å². The second-order valence-corrected chi connectivity index (χ2v) is 5.79. The van der Waals surface area contributed by atoms with E-state index in [1.165, 1.54) is 10.6 Å². The van der Waals surface area contributed by atoms with Gasteiger partial charge >= 0.3 is 0 Å². The van der Waals surface area contributed by atoms with E-state index in [-0.39, 0.29) is 6.04 Å². The van der Waals surface area contributed by atoms with Crippen molar-refractivity contribution in [3.8, 4) is 0 Å². The summed E-state index contributed by atoms with van der Waals surface area (Å²) in [6, 6.07) is 4.92. The zero-order valence-electron chi connectivity index (χ0n) is 8.35. The topological polar surface area (TPSA) is 29.3 Å². The standard InChI is InChI=1S/C10H16N2S2/c1-12-4-6-13-7-8(12)10(11)9-3-2-5-14-9/h2-3,5,8,10H,4,6-7,11H2,1H3. The molecule has 0 spiro atoms.